The largest absolute Gasteiger partial charge is 0.354 e. The number of rotatable bonds is 2. The maximum atomic E-state index is 11.5. The predicted molar refractivity (Wildman–Crippen MR) is 66.4 cm³/mol. The second-order valence-electron chi connectivity index (χ2n) is 4.00. The number of hydrogen-bond acceptors (Lipinski definition) is 2. The van der Waals surface area contributed by atoms with E-state index >= 15 is 0 Å². The molecule has 2 rings (SSSR count). The third-order valence-electron chi connectivity index (χ3n) is 2.63. The average molecular weight is 229 g/mol. The van der Waals surface area contributed by atoms with E-state index in [1.165, 1.54) is 5.56 Å². The summed E-state index contributed by atoms with van der Waals surface area (Å²) in [6, 6.07) is 9.80. The number of carbonyl (C=O) groups is 1. The summed E-state index contributed by atoms with van der Waals surface area (Å²) in [4.78, 5) is 11.5. The van der Waals surface area contributed by atoms with E-state index in [4.69, 9.17) is 0 Å². The Kier molecular flexibility index (Phi) is 2.95. The normalized spacial score (nSPS) is 10.3. The molecule has 4 heteroatoms. The van der Waals surface area contributed by atoms with Gasteiger partial charge in [-0.05, 0) is 32.0 Å². The quantitative estimate of drug-likeness (QED) is 0.854. The summed E-state index contributed by atoms with van der Waals surface area (Å²) in [5, 5.41) is 6.85. The van der Waals surface area contributed by atoms with E-state index in [1.54, 1.807) is 17.8 Å². The Morgan fingerprint density at radius 1 is 1.24 bits per heavy atom. The van der Waals surface area contributed by atoms with Crippen molar-refractivity contribution in [3.63, 3.8) is 0 Å². The molecule has 88 valence electrons. The highest BCUT2D eigenvalue weighted by Crippen LogP contribution is 2.12. The number of nitrogens with zero attached hydrogens (tertiary/aromatic N) is 2. The Morgan fingerprint density at radius 2 is 1.88 bits per heavy atom. The summed E-state index contributed by atoms with van der Waals surface area (Å²) in [7, 11) is 1.60. The lowest BCUT2D eigenvalue weighted by atomic mass is 10.2. The van der Waals surface area contributed by atoms with E-state index in [-0.39, 0.29) is 5.91 Å². The van der Waals surface area contributed by atoms with Gasteiger partial charge in [-0.1, -0.05) is 17.7 Å². The minimum Gasteiger partial charge on any atom is -0.354 e. The fraction of sp³-hybridized carbons (Fsp3) is 0.231. The summed E-state index contributed by atoms with van der Waals surface area (Å²) in [6.45, 7) is 3.97. The third kappa shape index (κ3) is 2.20. The van der Waals surface area contributed by atoms with Crippen molar-refractivity contribution in [3.05, 3.63) is 47.3 Å². The minimum atomic E-state index is -0.168. The summed E-state index contributed by atoms with van der Waals surface area (Å²) in [6.07, 6.45) is 0. The molecule has 1 aromatic heterocycles. The molecular weight excluding hydrogens is 214 g/mol. The molecule has 0 aliphatic heterocycles. The van der Waals surface area contributed by atoms with E-state index in [0.717, 1.165) is 11.4 Å². The molecule has 0 spiro atoms. The van der Waals surface area contributed by atoms with Gasteiger partial charge in [0.25, 0.3) is 5.91 Å². The van der Waals surface area contributed by atoms with Crippen molar-refractivity contribution in [1.29, 1.82) is 0 Å². The zero-order valence-electron chi connectivity index (χ0n) is 10.2. The molecule has 0 saturated carbocycles. The van der Waals surface area contributed by atoms with Crippen LogP contribution in [-0.2, 0) is 0 Å². The van der Waals surface area contributed by atoms with Crippen molar-refractivity contribution in [3.8, 4) is 5.69 Å². The standard InChI is InChI=1S/C13H15N3O/c1-9-4-6-11(7-5-9)16-10(2)8-12(15-16)13(17)14-3/h4-8H,1-3H3,(H,14,17). The Balaban J connectivity index is 2.42. The first-order chi connectivity index (χ1) is 8.11. The van der Waals surface area contributed by atoms with E-state index < -0.39 is 0 Å². The van der Waals surface area contributed by atoms with Crippen LogP contribution in [0.3, 0.4) is 0 Å². The van der Waals surface area contributed by atoms with Crippen LogP contribution < -0.4 is 5.32 Å². The number of aryl methyl sites for hydroxylation is 2. The number of carbonyl (C=O) groups excluding carboxylic acids is 1. The molecular formula is C13H15N3O. The maximum absolute atomic E-state index is 11.5. The molecule has 0 bridgehead atoms. The average Bonchev–Trinajstić information content (AvgIpc) is 2.71. The van der Waals surface area contributed by atoms with Crippen LogP contribution in [0.5, 0.6) is 0 Å². The lowest BCUT2D eigenvalue weighted by Gasteiger charge is -2.04. The third-order valence-corrected chi connectivity index (χ3v) is 2.63. The van der Waals surface area contributed by atoms with Crippen LogP contribution in [0, 0.1) is 13.8 Å². The summed E-state index contributed by atoms with van der Waals surface area (Å²) < 4.78 is 1.77. The van der Waals surface area contributed by atoms with Gasteiger partial charge in [0.2, 0.25) is 0 Å². The first-order valence-electron chi connectivity index (χ1n) is 5.47. The smallest absolute Gasteiger partial charge is 0.271 e. The molecule has 0 unspecified atom stereocenters. The molecule has 1 aromatic carbocycles. The predicted octanol–water partition coefficient (Wildman–Crippen LogP) is 1.85. The molecule has 4 nitrogen and oxygen atoms in total. The number of hydrogen-bond donors (Lipinski definition) is 1. The van der Waals surface area contributed by atoms with Crippen molar-refractivity contribution in [2.24, 2.45) is 0 Å². The van der Waals surface area contributed by atoms with Gasteiger partial charge < -0.3 is 5.32 Å². The van der Waals surface area contributed by atoms with Crippen LogP contribution in [0.25, 0.3) is 5.69 Å². The number of benzene rings is 1. The van der Waals surface area contributed by atoms with Crippen molar-refractivity contribution in [2.45, 2.75) is 13.8 Å². The zero-order valence-corrected chi connectivity index (χ0v) is 10.2. The van der Waals surface area contributed by atoms with E-state index in [1.807, 2.05) is 38.1 Å². The van der Waals surface area contributed by atoms with Crippen LogP contribution >= 0.6 is 0 Å². The molecule has 1 N–H and O–H groups in total. The van der Waals surface area contributed by atoms with E-state index in [0.29, 0.717) is 5.69 Å². The van der Waals surface area contributed by atoms with Gasteiger partial charge in [0.1, 0.15) is 0 Å². The van der Waals surface area contributed by atoms with Crippen LogP contribution in [-0.4, -0.2) is 22.7 Å². The molecule has 2 aromatic rings. The number of amides is 1. The van der Waals surface area contributed by atoms with Crippen LogP contribution in [0.4, 0.5) is 0 Å². The molecule has 0 fully saturated rings. The Bertz CT molecular complexity index is 540. The Hall–Kier alpha value is -2.10. The fourth-order valence-corrected chi connectivity index (χ4v) is 1.66. The number of aromatic nitrogens is 2. The first kappa shape index (κ1) is 11.4. The summed E-state index contributed by atoms with van der Waals surface area (Å²) in [5.74, 6) is -0.168. The minimum absolute atomic E-state index is 0.168. The Morgan fingerprint density at radius 3 is 2.47 bits per heavy atom. The highest BCUT2D eigenvalue weighted by atomic mass is 16.1. The fourth-order valence-electron chi connectivity index (χ4n) is 1.66. The Labute approximate surface area is 100 Å². The SMILES string of the molecule is CNC(=O)c1cc(C)n(-c2ccc(C)cc2)n1. The molecule has 17 heavy (non-hydrogen) atoms. The van der Waals surface area contributed by atoms with E-state index in [2.05, 4.69) is 10.4 Å². The molecule has 0 radical (unpaired) electrons. The van der Waals surface area contributed by atoms with Crippen molar-refractivity contribution in [2.75, 3.05) is 7.05 Å². The zero-order chi connectivity index (χ0) is 12.4. The van der Waals surface area contributed by atoms with Gasteiger partial charge in [-0.2, -0.15) is 5.10 Å². The van der Waals surface area contributed by atoms with Gasteiger partial charge in [0.05, 0.1) is 5.69 Å². The lowest BCUT2D eigenvalue weighted by Crippen LogP contribution is -2.18. The van der Waals surface area contributed by atoms with Crippen molar-refractivity contribution >= 4 is 5.91 Å². The summed E-state index contributed by atoms with van der Waals surface area (Å²) in [5.41, 5.74) is 3.53. The van der Waals surface area contributed by atoms with Crippen LogP contribution in [0.2, 0.25) is 0 Å². The highest BCUT2D eigenvalue weighted by Gasteiger charge is 2.11. The molecule has 0 aliphatic carbocycles. The molecule has 0 aliphatic rings. The highest BCUT2D eigenvalue weighted by molar-refractivity contribution is 5.92. The van der Waals surface area contributed by atoms with Crippen molar-refractivity contribution in [1.82, 2.24) is 15.1 Å². The monoisotopic (exact) mass is 229 g/mol. The van der Waals surface area contributed by atoms with E-state index in [9.17, 15) is 4.79 Å². The molecule has 1 heterocycles. The first-order valence-corrected chi connectivity index (χ1v) is 5.47. The molecule has 0 atom stereocenters. The van der Waals surface area contributed by atoms with Gasteiger partial charge in [-0.25, -0.2) is 4.68 Å². The topological polar surface area (TPSA) is 46.9 Å². The second-order valence-corrected chi connectivity index (χ2v) is 4.00. The van der Waals surface area contributed by atoms with Crippen molar-refractivity contribution < 1.29 is 4.79 Å². The van der Waals surface area contributed by atoms with Gasteiger partial charge in [0, 0.05) is 12.7 Å². The maximum Gasteiger partial charge on any atom is 0.271 e. The van der Waals surface area contributed by atoms with Gasteiger partial charge in [-0.15, -0.1) is 0 Å². The number of nitrogens with one attached hydrogen (secondary N) is 1. The molecule has 0 saturated heterocycles. The van der Waals surface area contributed by atoms with Gasteiger partial charge in [0.15, 0.2) is 5.69 Å². The van der Waals surface area contributed by atoms with Gasteiger partial charge >= 0.3 is 0 Å². The second kappa shape index (κ2) is 4.41. The van der Waals surface area contributed by atoms with Gasteiger partial charge in [-0.3, -0.25) is 4.79 Å². The molecule has 1 amide bonds. The van der Waals surface area contributed by atoms with Crippen LogP contribution in [0.1, 0.15) is 21.7 Å². The summed E-state index contributed by atoms with van der Waals surface area (Å²) >= 11 is 0. The van der Waals surface area contributed by atoms with Crippen LogP contribution in [0.15, 0.2) is 30.3 Å². The lowest BCUT2D eigenvalue weighted by molar-refractivity contribution is 0.0957.